The smallest absolute Gasteiger partial charge is 0.0252 e. The van der Waals surface area contributed by atoms with Gasteiger partial charge in [-0.2, -0.15) is 0 Å². The molecule has 6 rings (SSSR count). The Hall–Kier alpha value is -3.38. The van der Waals surface area contributed by atoms with E-state index in [1.165, 1.54) is 58.2 Å². The van der Waals surface area contributed by atoms with Gasteiger partial charge in [-0.3, -0.25) is 0 Å². The monoisotopic (exact) mass is 468 g/mol. The number of fused-ring (bicyclic) bond motifs is 4. The van der Waals surface area contributed by atoms with Crippen LogP contribution in [0, 0.1) is 5.92 Å². The predicted molar refractivity (Wildman–Crippen MR) is 153 cm³/mol. The molecule has 3 unspecified atom stereocenters. The molecule has 0 heterocycles. The van der Waals surface area contributed by atoms with Crippen molar-refractivity contribution in [1.29, 1.82) is 0 Å². The first-order chi connectivity index (χ1) is 17.7. The van der Waals surface area contributed by atoms with Crippen LogP contribution in [0.15, 0.2) is 109 Å². The Labute approximate surface area is 216 Å². The molecule has 0 saturated heterocycles. The zero-order chi connectivity index (χ0) is 24.7. The van der Waals surface area contributed by atoms with E-state index in [2.05, 4.69) is 130 Å². The van der Waals surface area contributed by atoms with Crippen LogP contribution >= 0.6 is 0 Å². The maximum absolute atomic E-state index is 2.56. The van der Waals surface area contributed by atoms with Crippen LogP contribution in [0.5, 0.6) is 0 Å². The molecule has 2 aliphatic rings. The van der Waals surface area contributed by atoms with Gasteiger partial charge in [-0.05, 0) is 51.3 Å². The van der Waals surface area contributed by atoms with Gasteiger partial charge in [-0.25, -0.2) is 0 Å². The zero-order valence-corrected chi connectivity index (χ0v) is 21.7. The average molecular weight is 469 g/mol. The number of allylic oxidation sites excluding steroid dienone is 1. The highest BCUT2D eigenvalue weighted by Gasteiger charge is 2.49. The molecule has 4 aromatic carbocycles. The highest BCUT2D eigenvalue weighted by Crippen LogP contribution is 2.61. The molecule has 2 aliphatic carbocycles. The maximum Gasteiger partial charge on any atom is 0.0252 e. The van der Waals surface area contributed by atoms with E-state index in [4.69, 9.17) is 0 Å². The second-order valence-electron chi connectivity index (χ2n) is 10.8. The zero-order valence-electron chi connectivity index (χ0n) is 21.7. The van der Waals surface area contributed by atoms with Gasteiger partial charge in [0.1, 0.15) is 0 Å². The van der Waals surface area contributed by atoms with E-state index < -0.39 is 0 Å². The Bertz CT molecular complexity index is 1360. The van der Waals surface area contributed by atoms with Crippen molar-refractivity contribution < 1.29 is 0 Å². The lowest BCUT2D eigenvalue weighted by Crippen LogP contribution is -2.35. The summed E-state index contributed by atoms with van der Waals surface area (Å²) in [6.07, 6.45) is 6.25. The van der Waals surface area contributed by atoms with Gasteiger partial charge in [0, 0.05) is 17.3 Å². The third-order valence-corrected chi connectivity index (χ3v) is 9.02. The molecule has 0 spiro atoms. The molecule has 0 aromatic heterocycles. The van der Waals surface area contributed by atoms with Gasteiger partial charge in [0.15, 0.2) is 0 Å². The van der Waals surface area contributed by atoms with Crippen LogP contribution < -0.4 is 0 Å². The Kier molecular flexibility index (Phi) is 5.92. The lowest BCUT2D eigenvalue weighted by molar-refractivity contribution is 0.368. The van der Waals surface area contributed by atoms with E-state index in [0.717, 1.165) is 0 Å². The molecule has 4 aromatic rings. The van der Waals surface area contributed by atoms with Gasteiger partial charge in [0.05, 0.1) is 0 Å². The molecule has 0 bridgehead atoms. The molecule has 0 aliphatic heterocycles. The topological polar surface area (TPSA) is 0 Å². The lowest BCUT2D eigenvalue weighted by atomic mass is 9.59. The van der Waals surface area contributed by atoms with Gasteiger partial charge < -0.3 is 0 Å². The third kappa shape index (κ3) is 3.42. The first kappa shape index (κ1) is 23.0. The first-order valence-electron chi connectivity index (χ1n) is 13.7. The van der Waals surface area contributed by atoms with Crippen molar-refractivity contribution in [3.63, 3.8) is 0 Å². The molecule has 0 heteroatoms. The molecular formula is C36H36. The van der Waals surface area contributed by atoms with Crippen molar-refractivity contribution in [2.24, 2.45) is 5.92 Å². The summed E-state index contributed by atoms with van der Waals surface area (Å²) in [4.78, 5) is 0. The van der Waals surface area contributed by atoms with Crippen LogP contribution in [-0.2, 0) is 5.41 Å². The minimum Gasteiger partial charge on any atom is -0.0654 e. The number of hydrogen-bond acceptors (Lipinski definition) is 0. The van der Waals surface area contributed by atoms with Gasteiger partial charge >= 0.3 is 0 Å². The molecular weight excluding hydrogens is 432 g/mol. The molecule has 0 fully saturated rings. The quantitative estimate of drug-likeness (QED) is 0.253. The van der Waals surface area contributed by atoms with E-state index >= 15 is 0 Å². The molecule has 0 N–H and O–H groups in total. The van der Waals surface area contributed by atoms with Crippen molar-refractivity contribution >= 4 is 6.08 Å². The average Bonchev–Trinajstić information content (AvgIpc) is 3.49. The Morgan fingerprint density at radius 2 is 1.22 bits per heavy atom. The number of rotatable bonds is 7. The predicted octanol–water partition coefficient (Wildman–Crippen LogP) is 9.76. The molecule has 3 atom stereocenters. The summed E-state index contributed by atoms with van der Waals surface area (Å²) >= 11 is 0. The highest BCUT2D eigenvalue weighted by molar-refractivity contribution is 5.82. The van der Waals surface area contributed by atoms with E-state index in [0.29, 0.717) is 11.8 Å². The minimum absolute atomic E-state index is 0.172. The fraction of sp³-hybridized carbons (Fsp3) is 0.278. The van der Waals surface area contributed by atoms with Crippen LogP contribution in [0.4, 0.5) is 0 Å². The summed E-state index contributed by atoms with van der Waals surface area (Å²) in [5, 5.41) is 0. The number of hydrogen-bond donors (Lipinski definition) is 0. The normalized spacial score (nSPS) is 18.6. The van der Waals surface area contributed by atoms with Crippen molar-refractivity contribution in [2.75, 3.05) is 0 Å². The van der Waals surface area contributed by atoms with Gasteiger partial charge in [0.2, 0.25) is 0 Å². The van der Waals surface area contributed by atoms with E-state index in [1.54, 1.807) is 5.57 Å². The summed E-state index contributed by atoms with van der Waals surface area (Å²) < 4.78 is 0. The largest absolute Gasteiger partial charge is 0.0654 e. The SMILES string of the molecule is CCCC(CC)C1C(C(C)(c2ccccc2)C2c3ccccc3-c3ccccc32)=Cc2ccccc21. The lowest BCUT2D eigenvalue weighted by Gasteiger charge is -2.43. The molecule has 0 nitrogen and oxygen atoms in total. The van der Waals surface area contributed by atoms with Gasteiger partial charge in [-0.1, -0.05) is 148 Å². The van der Waals surface area contributed by atoms with E-state index in [-0.39, 0.29) is 11.3 Å². The summed E-state index contributed by atoms with van der Waals surface area (Å²) in [5.74, 6) is 1.35. The van der Waals surface area contributed by atoms with Crippen molar-refractivity contribution in [3.05, 3.63) is 137 Å². The number of benzene rings is 4. The molecule has 0 amide bonds. The van der Waals surface area contributed by atoms with Crippen LogP contribution in [0.25, 0.3) is 17.2 Å². The Balaban J connectivity index is 1.64. The van der Waals surface area contributed by atoms with Crippen LogP contribution in [0.3, 0.4) is 0 Å². The third-order valence-electron chi connectivity index (χ3n) is 9.02. The maximum atomic E-state index is 2.56. The standard InChI is InChI=1S/C36H36/c1-4-15-25(5-2)34-28-19-10-9-16-26(28)24-33(34)36(3,27-17-7-6-8-18-27)35-31-22-13-11-20-29(31)30-21-12-14-23-32(30)35/h6-14,16-25,34-35H,4-5,15H2,1-3H3. The highest BCUT2D eigenvalue weighted by atomic mass is 14.5. The Morgan fingerprint density at radius 1 is 0.667 bits per heavy atom. The van der Waals surface area contributed by atoms with Crippen molar-refractivity contribution in [1.82, 2.24) is 0 Å². The molecule has 0 radical (unpaired) electrons. The molecule has 180 valence electrons. The fourth-order valence-electron chi connectivity index (χ4n) is 7.37. The molecule has 36 heavy (non-hydrogen) atoms. The first-order valence-corrected chi connectivity index (χ1v) is 13.7. The van der Waals surface area contributed by atoms with Gasteiger partial charge in [0.25, 0.3) is 0 Å². The van der Waals surface area contributed by atoms with Crippen molar-refractivity contribution in [3.8, 4) is 11.1 Å². The minimum atomic E-state index is -0.172. The van der Waals surface area contributed by atoms with Crippen LogP contribution in [0.1, 0.15) is 79.7 Å². The summed E-state index contributed by atoms with van der Waals surface area (Å²) in [7, 11) is 0. The van der Waals surface area contributed by atoms with Gasteiger partial charge in [-0.15, -0.1) is 0 Å². The summed E-state index contributed by atoms with van der Waals surface area (Å²) in [5.41, 5.74) is 11.5. The summed E-state index contributed by atoms with van der Waals surface area (Å²) in [6, 6.07) is 38.7. The Morgan fingerprint density at radius 3 is 1.83 bits per heavy atom. The fourth-order valence-corrected chi connectivity index (χ4v) is 7.37. The van der Waals surface area contributed by atoms with Crippen molar-refractivity contribution in [2.45, 2.75) is 57.3 Å². The van der Waals surface area contributed by atoms with E-state index in [1.807, 2.05) is 0 Å². The second kappa shape index (κ2) is 9.25. The van der Waals surface area contributed by atoms with Crippen LogP contribution in [-0.4, -0.2) is 0 Å². The van der Waals surface area contributed by atoms with E-state index in [9.17, 15) is 0 Å². The molecule has 0 saturated carbocycles. The summed E-state index contributed by atoms with van der Waals surface area (Å²) in [6.45, 7) is 7.26. The second-order valence-corrected chi connectivity index (χ2v) is 10.8. The van der Waals surface area contributed by atoms with Crippen LogP contribution in [0.2, 0.25) is 0 Å².